The van der Waals surface area contributed by atoms with Crippen LogP contribution in [-0.4, -0.2) is 53.6 Å². The summed E-state index contributed by atoms with van der Waals surface area (Å²) in [5.41, 5.74) is 2.06. The van der Waals surface area contributed by atoms with Crippen molar-refractivity contribution in [1.82, 2.24) is 15.0 Å². The standard InChI is InChI=1S/C20H26FN3O3/c1-15-17(16(2)27-22-15)14-23-9-5-10-24(12-11-23)20(25)8-13-26-19-7-4-3-6-18(19)21/h3-4,6-7H,5,8-14H2,1-2H3. The van der Waals surface area contributed by atoms with Crippen LogP contribution < -0.4 is 4.74 Å². The van der Waals surface area contributed by atoms with E-state index in [-0.39, 0.29) is 24.7 Å². The second-order valence-electron chi connectivity index (χ2n) is 6.84. The summed E-state index contributed by atoms with van der Waals surface area (Å²) in [5, 5.41) is 4.01. The van der Waals surface area contributed by atoms with Crippen LogP contribution in [0.1, 0.15) is 29.9 Å². The fourth-order valence-electron chi connectivity index (χ4n) is 3.30. The Bertz CT molecular complexity index is 758. The van der Waals surface area contributed by atoms with Gasteiger partial charge in [-0.25, -0.2) is 4.39 Å². The van der Waals surface area contributed by atoms with Crippen LogP contribution in [0.3, 0.4) is 0 Å². The van der Waals surface area contributed by atoms with Gasteiger partial charge in [0.1, 0.15) is 5.76 Å². The third kappa shape index (κ3) is 5.07. The van der Waals surface area contributed by atoms with E-state index in [9.17, 15) is 9.18 Å². The van der Waals surface area contributed by atoms with E-state index in [1.165, 1.54) is 6.07 Å². The quantitative estimate of drug-likeness (QED) is 0.777. The zero-order valence-corrected chi connectivity index (χ0v) is 15.9. The van der Waals surface area contributed by atoms with Crippen molar-refractivity contribution in [3.05, 3.63) is 47.1 Å². The first kappa shape index (κ1) is 19.4. The number of benzene rings is 1. The minimum absolute atomic E-state index is 0.0468. The third-order valence-electron chi connectivity index (χ3n) is 4.91. The maximum atomic E-state index is 13.5. The Kier molecular flexibility index (Phi) is 6.45. The Morgan fingerprint density at radius 3 is 2.78 bits per heavy atom. The molecule has 0 aliphatic carbocycles. The molecule has 0 bridgehead atoms. The minimum atomic E-state index is -0.408. The molecule has 0 radical (unpaired) electrons. The van der Waals surface area contributed by atoms with Gasteiger partial charge in [-0.1, -0.05) is 17.3 Å². The highest BCUT2D eigenvalue weighted by molar-refractivity contribution is 5.76. The van der Waals surface area contributed by atoms with Crippen molar-refractivity contribution in [2.24, 2.45) is 0 Å². The summed E-state index contributed by atoms with van der Waals surface area (Å²) in [5.74, 6) is 0.682. The van der Waals surface area contributed by atoms with E-state index in [2.05, 4.69) is 10.1 Å². The molecule has 1 aromatic heterocycles. The average Bonchev–Trinajstić information content (AvgIpc) is 2.86. The monoisotopic (exact) mass is 375 g/mol. The summed E-state index contributed by atoms with van der Waals surface area (Å²) >= 11 is 0. The van der Waals surface area contributed by atoms with Gasteiger partial charge < -0.3 is 14.2 Å². The van der Waals surface area contributed by atoms with E-state index >= 15 is 0 Å². The SMILES string of the molecule is Cc1noc(C)c1CN1CCCN(C(=O)CCOc2ccccc2F)CC1. The summed E-state index contributed by atoms with van der Waals surface area (Å²) in [6, 6.07) is 6.24. The zero-order chi connectivity index (χ0) is 19.2. The van der Waals surface area contributed by atoms with Crippen LogP contribution in [0.5, 0.6) is 5.75 Å². The molecule has 0 atom stereocenters. The molecule has 1 aliphatic rings. The van der Waals surface area contributed by atoms with E-state index in [0.29, 0.717) is 6.54 Å². The molecule has 0 saturated carbocycles. The van der Waals surface area contributed by atoms with E-state index < -0.39 is 5.82 Å². The lowest BCUT2D eigenvalue weighted by Crippen LogP contribution is -2.35. The largest absolute Gasteiger partial charge is 0.490 e. The lowest BCUT2D eigenvalue weighted by molar-refractivity contribution is -0.131. The van der Waals surface area contributed by atoms with Gasteiger partial charge in [-0.3, -0.25) is 9.69 Å². The van der Waals surface area contributed by atoms with Gasteiger partial charge in [0.05, 0.1) is 18.7 Å². The van der Waals surface area contributed by atoms with Gasteiger partial charge in [0.15, 0.2) is 11.6 Å². The zero-order valence-electron chi connectivity index (χ0n) is 15.9. The van der Waals surface area contributed by atoms with Gasteiger partial charge in [-0.15, -0.1) is 0 Å². The Labute approximate surface area is 158 Å². The van der Waals surface area contributed by atoms with Crippen LogP contribution in [0.25, 0.3) is 0 Å². The molecule has 0 unspecified atom stereocenters. The lowest BCUT2D eigenvalue weighted by Gasteiger charge is -2.22. The van der Waals surface area contributed by atoms with Crippen molar-refractivity contribution in [3.63, 3.8) is 0 Å². The lowest BCUT2D eigenvalue weighted by atomic mass is 10.2. The van der Waals surface area contributed by atoms with Crippen molar-refractivity contribution in [2.75, 3.05) is 32.8 Å². The molecule has 1 aliphatic heterocycles. The van der Waals surface area contributed by atoms with Crippen LogP contribution in [0, 0.1) is 19.7 Å². The molecular weight excluding hydrogens is 349 g/mol. The number of hydrogen-bond acceptors (Lipinski definition) is 5. The summed E-state index contributed by atoms with van der Waals surface area (Å²) in [7, 11) is 0. The number of halogens is 1. The predicted octanol–water partition coefficient (Wildman–Crippen LogP) is 2.93. The van der Waals surface area contributed by atoms with Gasteiger partial charge in [0.2, 0.25) is 5.91 Å². The molecule has 1 amide bonds. The van der Waals surface area contributed by atoms with Crippen LogP contribution in [0.15, 0.2) is 28.8 Å². The summed E-state index contributed by atoms with van der Waals surface area (Å²) in [6.07, 6.45) is 1.17. The molecule has 1 fully saturated rings. The van der Waals surface area contributed by atoms with Crippen LogP contribution in [-0.2, 0) is 11.3 Å². The number of aryl methyl sites for hydroxylation is 2. The van der Waals surface area contributed by atoms with E-state index in [1.807, 2.05) is 18.7 Å². The van der Waals surface area contributed by atoms with Crippen molar-refractivity contribution in [1.29, 1.82) is 0 Å². The van der Waals surface area contributed by atoms with E-state index in [1.54, 1.807) is 18.2 Å². The fraction of sp³-hybridized carbons (Fsp3) is 0.500. The maximum Gasteiger partial charge on any atom is 0.226 e. The van der Waals surface area contributed by atoms with Gasteiger partial charge >= 0.3 is 0 Å². The van der Waals surface area contributed by atoms with Crippen molar-refractivity contribution in [3.8, 4) is 5.75 Å². The highest BCUT2D eigenvalue weighted by Gasteiger charge is 2.21. The Morgan fingerprint density at radius 2 is 2.04 bits per heavy atom. The first-order chi connectivity index (χ1) is 13.0. The highest BCUT2D eigenvalue weighted by atomic mass is 19.1. The Morgan fingerprint density at radius 1 is 1.22 bits per heavy atom. The Hall–Kier alpha value is -2.41. The number of para-hydroxylation sites is 1. The minimum Gasteiger partial charge on any atom is -0.490 e. The average molecular weight is 375 g/mol. The number of nitrogens with zero attached hydrogens (tertiary/aromatic N) is 3. The molecule has 146 valence electrons. The number of rotatable bonds is 6. The smallest absolute Gasteiger partial charge is 0.226 e. The fourth-order valence-corrected chi connectivity index (χ4v) is 3.30. The van der Waals surface area contributed by atoms with E-state index in [4.69, 9.17) is 9.26 Å². The molecule has 0 spiro atoms. The van der Waals surface area contributed by atoms with Crippen molar-refractivity contribution < 1.29 is 18.4 Å². The summed E-state index contributed by atoms with van der Waals surface area (Å²) in [4.78, 5) is 16.7. The molecule has 7 heteroatoms. The molecule has 6 nitrogen and oxygen atoms in total. The number of ether oxygens (including phenoxy) is 1. The number of carbonyl (C=O) groups excluding carboxylic acids is 1. The molecule has 2 aromatic rings. The first-order valence-corrected chi connectivity index (χ1v) is 9.34. The molecule has 1 aromatic carbocycles. The van der Waals surface area contributed by atoms with Gasteiger partial charge in [0, 0.05) is 38.3 Å². The molecular formula is C20H26FN3O3. The van der Waals surface area contributed by atoms with Crippen LogP contribution >= 0.6 is 0 Å². The highest BCUT2D eigenvalue weighted by Crippen LogP contribution is 2.17. The number of hydrogen-bond donors (Lipinski definition) is 0. The topological polar surface area (TPSA) is 58.8 Å². The maximum absolute atomic E-state index is 13.5. The number of aromatic nitrogens is 1. The van der Waals surface area contributed by atoms with Crippen molar-refractivity contribution in [2.45, 2.75) is 33.2 Å². The van der Waals surface area contributed by atoms with Gasteiger partial charge in [-0.05, 0) is 32.4 Å². The van der Waals surface area contributed by atoms with E-state index in [0.717, 1.165) is 49.6 Å². The molecule has 0 N–H and O–H groups in total. The molecule has 1 saturated heterocycles. The Balaban J connectivity index is 1.46. The van der Waals surface area contributed by atoms with Gasteiger partial charge in [0.25, 0.3) is 0 Å². The normalized spacial score (nSPS) is 15.6. The molecule has 27 heavy (non-hydrogen) atoms. The summed E-state index contributed by atoms with van der Waals surface area (Å²) in [6.45, 7) is 8.01. The molecule has 2 heterocycles. The second kappa shape index (κ2) is 8.99. The van der Waals surface area contributed by atoms with Crippen molar-refractivity contribution >= 4 is 5.91 Å². The number of amides is 1. The number of carbonyl (C=O) groups is 1. The predicted molar refractivity (Wildman–Crippen MR) is 99.0 cm³/mol. The van der Waals surface area contributed by atoms with Crippen LogP contribution in [0.4, 0.5) is 4.39 Å². The second-order valence-corrected chi connectivity index (χ2v) is 6.84. The van der Waals surface area contributed by atoms with Gasteiger partial charge in [-0.2, -0.15) is 0 Å². The molecule has 3 rings (SSSR count). The third-order valence-corrected chi connectivity index (χ3v) is 4.91. The summed E-state index contributed by atoms with van der Waals surface area (Å²) < 4.78 is 24.2. The van der Waals surface area contributed by atoms with Crippen LogP contribution in [0.2, 0.25) is 0 Å². The first-order valence-electron chi connectivity index (χ1n) is 9.34.